The first-order valence-corrected chi connectivity index (χ1v) is 22.1. The molecule has 1 atom stereocenters. The van der Waals surface area contributed by atoms with Crippen molar-refractivity contribution in [3.63, 3.8) is 0 Å². The van der Waals surface area contributed by atoms with Crippen molar-refractivity contribution in [2.45, 2.75) is 25.2 Å². The van der Waals surface area contributed by atoms with Crippen molar-refractivity contribution >= 4 is 82.0 Å². The fourth-order valence-electron chi connectivity index (χ4n) is 10.1. The molecule has 0 spiro atoms. The number of fused-ring (bicyclic) bond motifs is 10. The Hall–Kier alpha value is -7.34. The van der Waals surface area contributed by atoms with Gasteiger partial charge in [0.2, 0.25) is 5.95 Å². The average molecular weight is 799 g/mol. The molecule has 7 aromatic carbocycles. The Bertz CT molecular complexity index is 3670. The van der Waals surface area contributed by atoms with Gasteiger partial charge in [-0.05, 0) is 95.3 Å². The molecule has 0 aliphatic heterocycles. The second-order valence-electron chi connectivity index (χ2n) is 16.4. The first kappa shape index (κ1) is 34.5. The quantitative estimate of drug-likeness (QED) is 0.174. The normalized spacial score (nSPS) is 15.0. The summed E-state index contributed by atoms with van der Waals surface area (Å²) < 4.78 is 4.78. The van der Waals surface area contributed by atoms with Crippen molar-refractivity contribution in [2.24, 2.45) is 0 Å². The van der Waals surface area contributed by atoms with E-state index in [1.807, 2.05) is 0 Å². The molecule has 288 valence electrons. The minimum Gasteiger partial charge on any atom is -0.309 e. The predicted molar refractivity (Wildman–Crippen MR) is 257 cm³/mol. The first-order valence-electron chi connectivity index (χ1n) is 21.2. The Morgan fingerprint density at radius 1 is 0.574 bits per heavy atom. The van der Waals surface area contributed by atoms with Gasteiger partial charge in [-0.3, -0.25) is 4.57 Å². The van der Waals surface area contributed by atoms with E-state index < -0.39 is 0 Å². The molecular formula is C56H38N4S. The van der Waals surface area contributed by atoms with E-state index >= 15 is 0 Å². The number of para-hydroxylation sites is 2. The topological polar surface area (TPSA) is 35.6 Å². The molecule has 4 aromatic heterocycles. The van der Waals surface area contributed by atoms with Crippen LogP contribution < -0.4 is 0 Å². The van der Waals surface area contributed by atoms with Crippen LogP contribution in [0.25, 0.3) is 105 Å². The predicted octanol–water partition coefficient (Wildman–Crippen LogP) is 14.9. The van der Waals surface area contributed by atoms with Crippen LogP contribution in [0, 0.1) is 0 Å². The maximum atomic E-state index is 5.50. The van der Waals surface area contributed by atoms with Crippen molar-refractivity contribution in [3.05, 3.63) is 198 Å². The largest absolute Gasteiger partial charge is 0.309 e. The summed E-state index contributed by atoms with van der Waals surface area (Å²) >= 11 is 1.79. The lowest BCUT2D eigenvalue weighted by molar-refractivity contribution is 0.874. The molecule has 0 bridgehead atoms. The summed E-state index contributed by atoms with van der Waals surface area (Å²) in [7, 11) is 0. The average Bonchev–Trinajstić information content (AvgIpc) is 4.01. The summed E-state index contributed by atoms with van der Waals surface area (Å²) in [6, 6.07) is 55.7. The molecular weight excluding hydrogens is 761 g/mol. The lowest BCUT2D eigenvalue weighted by Crippen LogP contribution is -2.02. The molecule has 0 saturated carbocycles. The van der Waals surface area contributed by atoms with E-state index in [0.29, 0.717) is 11.9 Å². The van der Waals surface area contributed by atoms with Crippen molar-refractivity contribution in [1.82, 2.24) is 19.1 Å². The van der Waals surface area contributed by atoms with Crippen LogP contribution >= 0.6 is 11.3 Å². The third-order valence-electron chi connectivity index (χ3n) is 12.9. The first-order chi connectivity index (χ1) is 30.2. The molecule has 0 fully saturated rings. The summed E-state index contributed by atoms with van der Waals surface area (Å²) in [4.78, 5) is 13.3. The fourth-order valence-corrected chi connectivity index (χ4v) is 11.2. The van der Waals surface area contributed by atoms with Gasteiger partial charge in [-0.2, -0.15) is 0 Å². The number of nitrogens with zero attached hydrogens (tertiary/aromatic N) is 4. The van der Waals surface area contributed by atoms with Crippen molar-refractivity contribution in [1.29, 1.82) is 0 Å². The SMILES string of the molecule is C1=CCC(c2cc3c(-c4ccccc4)nc(-n4c5ccc(-c6cccc7c8c9c(ccc8n(-c8ccccc8)c67)CCC=C9)cc5c5cc6ccccc6cc54)nc3s2)C=C1. The Morgan fingerprint density at radius 2 is 1.38 bits per heavy atom. The molecule has 13 rings (SSSR count). The molecule has 4 heterocycles. The Morgan fingerprint density at radius 3 is 2.23 bits per heavy atom. The van der Waals surface area contributed by atoms with E-state index in [1.54, 1.807) is 11.3 Å². The standard InChI is InChI=1S/C56H38N4S/c1-4-16-36(17-5-1)51-34-47-53(37-18-6-2-7-19-37)57-56(58-55(47)61-51)60-48-29-28-40(32-45(48)46-31-38-20-10-11-21-39(38)33-50(46)60)43-25-14-26-44-52-42-24-13-12-15-35(42)27-30-49(52)59(54(43)44)41-22-8-3-9-23-41/h1-11,13-14,16,18-34,36H,12,15,17H2. The maximum Gasteiger partial charge on any atom is 0.236 e. The lowest BCUT2D eigenvalue weighted by atomic mass is 9.92. The van der Waals surface area contributed by atoms with Gasteiger partial charge >= 0.3 is 0 Å². The van der Waals surface area contributed by atoms with Gasteiger partial charge in [0.15, 0.2) is 0 Å². The molecule has 2 aliphatic carbocycles. The molecule has 0 N–H and O–H groups in total. The van der Waals surface area contributed by atoms with Crippen LogP contribution in [0.5, 0.6) is 0 Å². The zero-order chi connectivity index (χ0) is 40.0. The van der Waals surface area contributed by atoms with Gasteiger partial charge in [0.25, 0.3) is 0 Å². The van der Waals surface area contributed by atoms with Crippen LogP contribution in [0.3, 0.4) is 0 Å². The Kier molecular flexibility index (Phi) is 7.69. The van der Waals surface area contributed by atoms with E-state index in [0.717, 1.165) is 57.5 Å². The van der Waals surface area contributed by atoms with Gasteiger partial charge in [0.1, 0.15) is 4.83 Å². The highest BCUT2D eigenvalue weighted by molar-refractivity contribution is 7.18. The molecule has 11 aromatic rings. The van der Waals surface area contributed by atoms with Gasteiger partial charge in [0.05, 0.1) is 27.8 Å². The second kappa shape index (κ2) is 13.6. The number of aromatic nitrogens is 4. The number of hydrogen-bond donors (Lipinski definition) is 0. The number of thiophene rings is 1. The number of aryl methyl sites for hydroxylation is 1. The number of benzene rings is 7. The van der Waals surface area contributed by atoms with E-state index in [-0.39, 0.29) is 0 Å². The highest BCUT2D eigenvalue weighted by Gasteiger charge is 2.24. The van der Waals surface area contributed by atoms with Gasteiger partial charge in [-0.1, -0.05) is 140 Å². The molecule has 1 unspecified atom stereocenters. The summed E-state index contributed by atoms with van der Waals surface area (Å²) in [5, 5.41) is 8.46. The molecule has 4 nitrogen and oxygen atoms in total. The highest BCUT2D eigenvalue weighted by atomic mass is 32.1. The third kappa shape index (κ3) is 5.37. The number of hydrogen-bond acceptors (Lipinski definition) is 3. The van der Waals surface area contributed by atoms with E-state index in [9.17, 15) is 0 Å². The van der Waals surface area contributed by atoms with Crippen LogP contribution in [0.1, 0.15) is 34.8 Å². The van der Waals surface area contributed by atoms with Crippen LogP contribution in [0.4, 0.5) is 0 Å². The van der Waals surface area contributed by atoms with Crippen molar-refractivity contribution in [3.8, 4) is 34.0 Å². The van der Waals surface area contributed by atoms with Crippen molar-refractivity contribution in [2.75, 3.05) is 0 Å². The number of rotatable bonds is 5. The Balaban J connectivity index is 1.09. The van der Waals surface area contributed by atoms with Gasteiger partial charge in [-0.25, -0.2) is 9.97 Å². The zero-order valence-corrected chi connectivity index (χ0v) is 34.1. The molecule has 0 radical (unpaired) electrons. The third-order valence-corrected chi connectivity index (χ3v) is 14.1. The van der Waals surface area contributed by atoms with Crippen molar-refractivity contribution < 1.29 is 0 Å². The summed E-state index contributed by atoms with van der Waals surface area (Å²) in [6.45, 7) is 0. The number of allylic oxidation sites excluding steroid dienone is 5. The minimum absolute atomic E-state index is 0.334. The van der Waals surface area contributed by atoms with Gasteiger partial charge in [-0.15, -0.1) is 11.3 Å². The fraction of sp³-hybridized carbons (Fsp3) is 0.0714. The minimum atomic E-state index is 0.334. The van der Waals surface area contributed by atoms with E-state index in [4.69, 9.17) is 9.97 Å². The lowest BCUT2D eigenvalue weighted by Gasteiger charge is -2.13. The highest BCUT2D eigenvalue weighted by Crippen LogP contribution is 2.44. The second-order valence-corrected chi connectivity index (χ2v) is 17.5. The van der Waals surface area contributed by atoms with E-state index in [1.165, 1.54) is 70.5 Å². The maximum absolute atomic E-state index is 5.50. The molecule has 0 amide bonds. The molecule has 61 heavy (non-hydrogen) atoms. The monoisotopic (exact) mass is 798 g/mol. The molecule has 0 saturated heterocycles. The van der Waals surface area contributed by atoms with Gasteiger partial charge < -0.3 is 4.57 Å². The summed E-state index contributed by atoms with van der Waals surface area (Å²) in [5.74, 6) is 1.02. The molecule has 2 aliphatic rings. The van der Waals surface area contributed by atoms with E-state index in [2.05, 4.69) is 197 Å². The van der Waals surface area contributed by atoms with Gasteiger partial charge in [0, 0.05) is 54.5 Å². The Labute approximate surface area is 356 Å². The zero-order valence-electron chi connectivity index (χ0n) is 33.3. The molecule has 5 heteroatoms. The smallest absolute Gasteiger partial charge is 0.236 e. The van der Waals surface area contributed by atoms with Crippen LogP contribution in [-0.2, 0) is 6.42 Å². The van der Waals surface area contributed by atoms with Crippen LogP contribution in [0.2, 0.25) is 0 Å². The van der Waals surface area contributed by atoms with Crippen LogP contribution in [-0.4, -0.2) is 19.1 Å². The van der Waals surface area contributed by atoms with Crippen LogP contribution in [0.15, 0.2) is 182 Å². The summed E-state index contributed by atoms with van der Waals surface area (Å²) in [6.07, 6.45) is 16.7. The summed E-state index contributed by atoms with van der Waals surface area (Å²) in [5.41, 5.74) is 13.0.